The minimum absolute atomic E-state index is 0.0569. The van der Waals surface area contributed by atoms with Crippen molar-refractivity contribution in [3.63, 3.8) is 0 Å². The maximum Gasteiger partial charge on any atom is 0.387 e. The van der Waals surface area contributed by atoms with Crippen molar-refractivity contribution in [3.8, 4) is 17.0 Å². The van der Waals surface area contributed by atoms with Crippen molar-refractivity contribution in [2.75, 3.05) is 12.3 Å². The number of aromatic nitrogens is 3. The molecule has 3 fully saturated rings. The van der Waals surface area contributed by atoms with Crippen molar-refractivity contribution in [2.45, 2.75) is 57.8 Å². The molecule has 5 atom stereocenters. The molecule has 0 aromatic carbocycles. The van der Waals surface area contributed by atoms with Crippen LogP contribution < -0.4 is 10.5 Å². The van der Waals surface area contributed by atoms with Crippen LogP contribution in [0.3, 0.4) is 0 Å². The molecule has 0 bridgehead atoms. The van der Waals surface area contributed by atoms with Gasteiger partial charge in [0.2, 0.25) is 0 Å². The summed E-state index contributed by atoms with van der Waals surface area (Å²) in [4.78, 5) is 4.01. The first-order chi connectivity index (χ1) is 13.9. The molecule has 5 rings (SSSR count). The average molecular weight is 404 g/mol. The molecule has 6 nitrogen and oxygen atoms in total. The zero-order valence-corrected chi connectivity index (χ0v) is 16.6. The van der Waals surface area contributed by atoms with Gasteiger partial charge in [-0.1, -0.05) is 0 Å². The zero-order valence-electron chi connectivity index (χ0n) is 16.6. The molecule has 3 aliphatic rings. The van der Waals surface area contributed by atoms with Gasteiger partial charge in [-0.15, -0.1) is 0 Å². The van der Waals surface area contributed by atoms with E-state index in [1.54, 1.807) is 6.20 Å². The molecule has 0 radical (unpaired) electrons. The quantitative estimate of drug-likeness (QED) is 0.780. The van der Waals surface area contributed by atoms with Gasteiger partial charge in [-0.25, -0.2) is 4.98 Å². The molecule has 3 heterocycles. The second-order valence-corrected chi connectivity index (χ2v) is 8.76. The van der Waals surface area contributed by atoms with Gasteiger partial charge in [-0.05, 0) is 63.0 Å². The summed E-state index contributed by atoms with van der Waals surface area (Å²) < 4.78 is 37.5. The SMILES string of the molecule is CC(C)n1nc(-c2cnc(N)c(OC(F)F)c2)cc1[C@H]1[C@@H]2C[C@@H](C3CCO3)C[C@@H]21. The fourth-order valence-electron chi connectivity index (χ4n) is 5.25. The molecular formula is C21H26F2N4O2. The first-order valence-corrected chi connectivity index (χ1v) is 10.3. The highest BCUT2D eigenvalue weighted by molar-refractivity contribution is 5.64. The molecule has 156 valence electrons. The molecule has 2 aliphatic carbocycles. The van der Waals surface area contributed by atoms with E-state index < -0.39 is 6.61 Å². The Hall–Kier alpha value is -2.22. The number of fused-ring (bicyclic) bond motifs is 1. The monoisotopic (exact) mass is 404 g/mol. The summed E-state index contributed by atoms with van der Waals surface area (Å²) in [6.07, 6.45) is 5.70. The number of anilines is 1. The summed E-state index contributed by atoms with van der Waals surface area (Å²) in [5.41, 5.74) is 8.23. The summed E-state index contributed by atoms with van der Waals surface area (Å²) in [5.74, 6) is 2.46. The summed E-state index contributed by atoms with van der Waals surface area (Å²) in [5, 5.41) is 4.77. The Morgan fingerprint density at radius 1 is 1.24 bits per heavy atom. The Morgan fingerprint density at radius 3 is 2.55 bits per heavy atom. The number of hydrogen-bond donors (Lipinski definition) is 1. The van der Waals surface area contributed by atoms with E-state index >= 15 is 0 Å². The third-order valence-electron chi connectivity index (χ3n) is 6.73. The molecule has 2 N–H and O–H groups in total. The van der Waals surface area contributed by atoms with E-state index in [4.69, 9.17) is 15.6 Å². The van der Waals surface area contributed by atoms with Gasteiger partial charge in [0.25, 0.3) is 0 Å². The van der Waals surface area contributed by atoms with Crippen molar-refractivity contribution in [3.05, 3.63) is 24.0 Å². The number of alkyl halides is 2. The average Bonchev–Trinajstić information content (AvgIpc) is 2.96. The van der Waals surface area contributed by atoms with E-state index in [0.29, 0.717) is 41.0 Å². The molecule has 1 saturated heterocycles. The van der Waals surface area contributed by atoms with Gasteiger partial charge in [-0.2, -0.15) is 13.9 Å². The van der Waals surface area contributed by atoms with Gasteiger partial charge in [0, 0.05) is 36.0 Å². The van der Waals surface area contributed by atoms with Crippen LogP contribution in [0.4, 0.5) is 14.6 Å². The van der Waals surface area contributed by atoms with Gasteiger partial charge < -0.3 is 15.2 Å². The first kappa shape index (κ1) is 18.8. The number of pyridine rings is 1. The van der Waals surface area contributed by atoms with Crippen LogP contribution in [0.25, 0.3) is 11.3 Å². The van der Waals surface area contributed by atoms with Crippen LogP contribution in [-0.4, -0.2) is 34.1 Å². The molecule has 0 amide bonds. The summed E-state index contributed by atoms with van der Waals surface area (Å²) in [6.45, 7) is 2.18. The van der Waals surface area contributed by atoms with E-state index in [0.717, 1.165) is 6.61 Å². The molecular weight excluding hydrogens is 378 g/mol. The molecule has 29 heavy (non-hydrogen) atoms. The lowest BCUT2D eigenvalue weighted by molar-refractivity contribution is -0.0858. The normalized spacial score (nSPS) is 30.5. The minimum atomic E-state index is -2.95. The maximum absolute atomic E-state index is 12.6. The molecule has 1 aliphatic heterocycles. The van der Waals surface area contributed by atoms with Gasteiger partial charge >= 0.3 is 6.61 Å². The second kappa shape index (κ2) is 6.93. The van der Waals surface area contributed by atoms with Gasteiger partial charge in [0.05, 0.1) is 11.8 Å². The fourth-order valence-corrected chi connectivity index (χ4v) is 5.25. The second-order valence-electron chi connectivity index (χ2n) is 8.76. The lowest BCUT2D eigenvalue weighted by Gasteiger charge is -2.33. The number of nitrogens with zero attached hydrogens (tertiary/aromatic N) is 3. The predicted octanol–water partition coefficient (Wildman–Crippen LogP) is 4.24. The van der Waals surface area contributed by atoms with Crippen LogP contribution in [0.15, 0.2) is 18.3 Å². The third-order valence-corrected chi connectivity index (χ3v) is 6.73. The first-order valence-electron chi connectivity index (χ1n) is 10.3. The predicted molar refractivity (Wildman–Crippen MR) is 104 cm³/mol. The van der Waals surface area contributed by atoms with Crippen LogP contribution >= 0.6 is 0 Å². The van der Waals surface area contributed by atoms with Crippen molar-refractivity contribution in [1.29, 1.82) is 0 Å². The highest BCUT2D eigenvalue weighted by Crippen LogP contribution is 2.66. The van der Waals surface area contributed by atoms with Crippen LogP contribution in [-0.2, 0) is 4.74 Å². The third kappa shape index (κ3) is 3.27. The van der Waals surface area contributed by atoms with Crippen molar-refractivity contribution < 1.29 is 18.3 Å². The number of rotatable bonds is 6. The van der Waals surface area contributed by atoms with Gasteiger partial charge in [-0.3, -0.25) is 4.68 Å². The molecule has 0 spiro atoms. The molecule has 2 aromatic rings. The lowest BCUT2D eigenvalue weighted by Crippen LogP contribution is -2.34. The zero-order chi connectivity index (χ0) is 20.3. The number of nitrogens with two attached hydrogens (primary N) is 1. The number of ether oxygens (including phenoxy) is 2. The van der Waals surface area contributed by atoms with E-state index in [1.807, 2.05) is 0 Å². The number of nitrogen functional groups attached to an aromatic ring is 1. The topological polar surface area (TPSA) is 75.2 Å². The summed E-state index contributed by atoms with van der Waals surface area (Å²) >= 11 is 0. The van der Waals surface area contributed by atoms with Gasteiger partial charge in [0.15, 0.2) is 11.6 Å². The molecule has 2 aromatic heterocycles. The maximum atomic E-state index is 12.6. The minimum Gasteiger partial charge on any atom is -0.431 e. The molecule has 8 heteroatoms. The van der Waals surface area contributed by atoms with Crippen molar-refractivity contribution in [1.82, 2.24) is 14.8 Å². The number of halogens is 2. The fraction of sp³-hybridized carbons (Fsp3) is 0.619. The van der Waals surface area contributed by atoms with Crippen molar-refractivity contribution >= 4 is 5.82 Å². The molecule has 2 saturated carbocycles. The smallest absolute Gasteiger partial charge is 0.387 e. The Labute approximate surface area is 168 Å². The summed E-state index contributed by atoms with van der Waals surface area (Å²) in [7, 11) is 0. The van der Waals surface area contributed by atoms with Crippen LogP contribution in [0.1, 0.15) is 50.8 Å². The Balaban J connectivity index is 1.40. The summed E-state index contributed by atoms with van der Waals surface area (Å²) in [6, 6.07) is 3.78. The lowest BCUT2D eigenvalue weighted by atomic mass is 9.89. The highest BCUT2D eigenvalue weighted by atomic mass is 19.3. The van der Waals surface area contributed by atoms with Crippen molar-refractivity contribution in [2.24, 2.45) is 17.8 Å². The van der Waals surface area contributed by atoms with E-state index in [-0.39, 0.29) is 17.6 Å². The molecule has 1 unspecified atom stereocenters. The van der Waals surface area contributed by atoms with Gasteiger partial charge in [0.1, 0.15) is 0 Å². The Kier molecular flexibility index (Phi) is 4.49. The van der Waals surface area contributed by atoms with E-state index in [9.17, 15) is 8.78 Å². The highest BCUT2D eigenvalue weighted by Gasteiger charge is 2.59. The van der Waals surface area contributed by atoms with Crippen LogP contribution in [0.2, 0.25) is 0 Å². The Morgan fingerprint density at radius 2 is 1.97 bits per heavy atom. The number of hydrogen-bond acceptors (Lipinski definition) is 5. The standard InChI is InChI=1S/C21H26F2N4O2/c1-10(2)27-16(19-13-5-11(6-14(13)19)17-3-4-28-17)8-15(26-27)12-7-18(29-21(22)23)20(24)25-9-12/h7-11,13-14,17,19,21H,3-6H2,1-2H3,(H2,24,25)/t11-,13-,14+,17?,19+. The van der Waals surface area contributed by atoms with E-state index in [1.165, 1.54) is 31.0 Å². The van der Waals surface area contributed by atoms with E-state index in [2.05, 4.69) is 34.3 Å². The largest absolute Gasteiger partial charge is 0.431 e. The Bertz CT molecular complexity index is 900. The van der Waals surface area contributed by atoms with Crippen LogP contribution in [0, 0.1) is 17.8 Å². The van der Waals surface area contributed by atoms with Crippen LogP contribution in [0.5, 0.6) is 5.75 Å².